The highest BCUT2D eigenvalue weighted by atomic mass is 16.4. The van der Waals surface area contributed by atoms with Crippen molar-refractivity contribution >= 4 is 11.8 Å². The molecule has 0 heterocycles. The van der Waals surface area contributed by atoms with Gasteiger partial charge in [-0.15, -0.1) is 0 Å². The van der Waals surface area contributed by atoms with Gasteiger partial charge in [-0.1, -0.05) is 12.2 Å². The summed E-state index contributed by atoms with van der Waals surface area (Å²) in [4.78, 5) is 20.6. The molecule has 0 saturated carbocycles. The van der Waals surface area contributed by atoms with Crippen LogP contribution in [0.2, 0.25) is 0 Å². The smallest absolute Gasteiger partial charge is 0.303 e. The molecule has 0 amide bonds. The van der Waals surface area contributed by atoms with E-state index in [0.29, 0.717) is 12.8 Å². The molecule has 0 radical (unpaired) electrons. The van der Waals surface area contributed by atoms with Gasteiger partial charge >= 0.3 is 5.97 Å². The summed E-state index contributed by atoms with van der Waals surface area (Å²) in [5.41, 5.74) is 0. The van der Waals surface area contributed by atoms with Crippen molar-refractivity contribution in [3.63, 3.8) is 0 Å². The van der Waals surface area contributed by atoms with E-state index in [-0.39, 0.29) is 12.2 Å². The van der Waals surface area contributed by atoms with E-state index >= 15 is 0 Å². The summed E-state index contributed by atoms with van der Waals surface area (Å²) in [6.45, 7) is 1.58. The second kappa shape index (κ2) is 7.53. The molecule has 3 nitrogen and oxygen atoms in total. The summed E-state index contributed by atoms with van der Waals surface area (Å²) in [5, 5.41) is 8.31. The summed E-state index contributed by atoms with van der Waals surface area (Å²) in [5.74, 6) is -0.563. The van der Waals surface area contributed by atoms with Crippen LogP contribution in [0.15, 0.2) is 12.2 Å². The Morgan fingerprint density at radius 3 is 2.31 bits per heavy atom. The van der Waals surface area contributed by atoms with Crippen LogP contribution < -0.4 is 0 Å². The first-order valence-electron chi connectivity index (χ1n) is 4.49. The van der Waals surface area contributed by atoms with E-state index < -0.39 is 5.97 Å². The van der Waals surface area contributed by atoms with E-state index in [2.05, 4.69) is 0 Å². The number of carbonyl (C=O) groups excluding carboxylic acids is 1. The molecule has 0 fully saturated rings. The minimum Gasteiger partial charge on any atom is -0.481 e. The van der Waals surface area contributed by atoms with Crippen LogP contribution in [-0.4, -0.2) is 16.9 Å². The van der Waals surface area contributed by atoms with Gasteiger partial charge in [0.25, 0.3) is 0 Å². The van der Waals surface area contributed by atoms with Crippen molar-refractivity contribution < 1.29 is 14.7 Å². The van der Waals surface area contributed by atoms with Crippen LogP contribution in [0.25, 0.3) is 0 Å². The molecule has 13 heavy (non-hydrogen) atoms. The molecule has 0 atom stereocenters. The SMILES string of the molecule is CC(=O)CCC/C=C\CCC(=O)O. The van der Waals surface area contributed by atoms with E-state index in [1.165, 1.54) is 0 Å². The molecule has 3 heteroatoms. The first-order valence-corrected chi connectivity index (χ1v) is 4.49. The third kappa shape index (κ3) is 10.9. The van der Waals surface area contributed by atoms with Gasteiger partial charge in [0, 0.05) is 12.8 Å². The minimum absolute atomic E-state index is 0.184. The largest absolute Gasteiger partial charge is 0.481 e. The second-order valence-electron chi connectivity index (χ2n) is 3.00. The first-order chi connectivity index (χ1) is 6.13. The number of Topliss-reactive ketones (excluding diaryl/α,β-unsaturated/α-hetero) is 1. The van der Waals surface area contributed by atoms with E-state index in [0.717, 1.165) is 12.8 Å². The number of ketones is 1. The predicted molar refractivity (Wildman–Crippen MR) is 50.5 cm³/mol. The zero-order valence-electron chi connectivity index (χ0n) is 7.95. The molecule has 0 aliphatic rings. The molecule has 0 aliphatic carbocycles. The van der Waals surface area contributed by atoms with Gasteiger partial charge in [-0.25, -0.2) is 0 Å². The quantitative estimate of drug-likeness (QED) is 0.487. The Morgan fingerprint density at radius 1 is 1.15 bits per heavy atom. The Morgan fingerprint density at radius 2 is 1.77 bits per heavy atom. The van der Waals surface area contributed by atoms with E-state index in [1.54, 1.807) is 6.92 Å². The van der Waals surface area contributed by atoms with Gasteiger partial charge in [-0.2, -0.15) is 0 Å². The van der Waals surface area contributed by atoms with Crippen molar-refractivity contribution in [2.75, 3.05) is 0 Å². The Balaban J connectivity index is 3.22. The summed E-state index contributed by atoms with van der Waals surface area (Å²) in [6.07, 6.45) is 6.89. The zero-order chi connectivity index (χ0) is 10.1. The van der Waals surface area contributed by atoms with Crippen LogP contribution in [-0.2, 0) is 9.59 Å². The molecule has 1 N–H and O–H groups in total. The molecular formula is C10H16O3. The van der Waals surface area contributed by atoms with Gasteiger partial charge in [0.1, 0.15) is 5.78 Å². The number of hydrogen-bond acceptors (Lipinski definition) is 2. The average Bonchev–Trinajstić information content (AvgIpc) is 2.01. The van der Waals surface area contributed by atoms with E-state index in [4.69, 9.17) is 5.11 Å². The monoisotopic (exact) mass is 184 g/mol. The lowest BCUT2D eigenvalue weighted by Crippen LogP contribution is -1.91. The molecule has 0 bridgehead atoms. The number of hydrogen-bond donors (Lipinski definition) is 1. The maximum Gasteiger partial charge on any atom is 0.303 e. The molecule has 74 valence electrons. The van der Waals surface area contributed by atoms with Crippen molar-refractivity contribution in [3.8, 4) is 0 Å². The zero-order valence-corrected chi connectivity index (χ0v) is 7.95. The van der Waals surface area contributed by atoms with Crippen molar-refractivity contribution in [3.05, 3.63) is 12.2 Å². The summed E-state index contributed by atoms with van der Waals surface area (Å²) >= 11 is 0. The molecule has 0 aliphatic heterocycles. The summed E-state index contributed by atoms with van der Waals surface area (Å²) in [7, 11) is 0. The number of carbonyl (C=O) groups is 2. The third-order valence-electron chi connectivity index (χ3n) is 1.59. The molecule has 0 saturated heterocycles. The summed E-state index contributed by atoms with van der Waals surface area (Å²) < 4.78 is 0. The number of carboxylic acids is 1. The Bertz CT molecular complexity index is 194. The highest BCUT2D eigenvalue weighted by Gasteiger charge is 1.92. The normalized spacial score (nSPS) is 10.5. The lowest BCUT2D eigenvalue weighted by Gasteiger charge is -1.91. The fourth-order valence-electron chi connectivity index (χ4n) is 0.911. The number of aliphatic carboxylic acids is 1. The van der Waals surface area contributed by atoms with Gasteiger partial charge in [-0.05, 0) is 26.2 Å². The van der Waals surface area contributed by atoms with Crippen LogP contribution in [0.1, 0.15) is 39.0 Å². The molecule has 0 aromatic heterocycles. The standard InChI is InChI=1S/C10H16O3/c1-9(11)7-5-3-2-4-6-8-10(12)13/h2,4H,3,5-8H2,1H3,(H,12,13)/b4-2-. The van der Waals surface area contributed by atoms with Gasteiger partial charge in [0.15, 0.2) is 0 Å². The maximum absolute atomic E-state index is 10.5. The number of allylic oxidation sites excluding steroid dienone is 2. The lowest BCUT2D eigenvalue weighted by atomic mass is 10.2. The number of carboxylic acid groups (broad SMARTS) is 1. The highest BCUT2D eigenvalue weighted by Crippen LogP contribution is 1.99. The van der Waals surface area contributed by atoms with Gasteiger partial charge in [0.2, 0.25) is 0 Å². The number of unbranched alkanes of at least 4 members (excludes halogenated alkanes) is 1. The molecule has 0 spiro atoms. The molecular weight excluding hydrogens is 168 g/mol. The van der Waals surface area contributed by atoms with Crippen LogP contribution in [0.4, 0.5) is 0 Å². The van der Waals surface area contributed by atoms with Crippen LogP contribution in [0.3, 0.4) is 0 Å². The molecule has 0 aromatic carbocycles. The summed E-state index contributed by atoms with van der Waals surface area (Å²) in [6, 6.07) is 0. The Hall–Kier alpha value is -1.12. The maximum atomic E-state index is 10.5. The highest BCUT2D eigenvalue weighted by molar-refractivity contribution is 5.75. The fraction of sp³-hybridized carbons (Fsp3) is 0.600. The topological polar surface area (TPSA) is 54.4 Å². The third-order valence-corrected chi connectivity index (χ3v) is 1.59. The lowest BCUT2D eigenvalue weighted by molar-refractivity contribution is -0.136. The van der Waals surface area contributed by atoms with E-state index in [9.17, 15) is 9.59 Å². The van der Waals surface area contributed by atoms with Gasteiger partial charge in [-0.3, -0.25) is 4.79 Å². The van der Waals surface area contributed by atoms with Crippen LogP contribution in [0, 0.1) is 0 Å². The Labute approximate surface area is 78.5 Å². The van der Waals surface area contributed by atoms with Gasteiger partial charge in [0.05, 0.1) is 0 Å². The van der Waals surface area contributed by atoms with E-state index in [1.807, 2.05) is 12.2 Å². The van der Waals surface area contributed by atoms with Crippen molar-refractivity contribution in [1.82, 2.24) is 0 Å². The minimum atomic E-state index is -0.770. The molecule has 0 unspecified atom stereocenters. The van der Waals surface area contributed by atoms with Crippen LogP contribution >= 0.6 is 0 Å². The molecule has 0 aromatic rings. The van der Waals surface area contributed by atoms with Gasteiger partial charge < -0.3 is 9.90 Å². The number of rotatable bonds is 7. The average molecular weight is 184 g/mol. The van der Waals surface area contributed by atoms with Crippen molar-refractivity contribution in [2.45, 2.75) is 39.0 Å². The van der Waals surface area contributed by atoms with Crippen LogP contribution in [0.5, 0.6) is 0 Å². The fourth-order valence-corrected chi connectivity index (χ4v) is 0.911. The van der Waals surface area contributed by atoms with Crippen molar-refractivity contribution in [1.29, 1.82) is 0 Å². The second-order valence-corrected chi connectivity index (χ2v) is 3.00. The first kappa shape index (κ1) is 11.9. The molecule has 0 rings (SSSR count). The Kier molecular flexibility index (Phi) is 6.88. The predicted octanol–water partition coefficient (Wildman–Crippen LogP) is 2.17. The van der Waals surface area contributed by atoms with Crippen molar-refractivity contribution in [2.24, 2.45) is 0 Å².